The molecule has 0 saturated carbocycles. The van der Waals surface area contributed by atoms with Crippen molar-refractivity contribution in [1.29, 1.82) is 0 Å². The Bertz CT molecular complexity index is 1040. The van der Waals surface area contributed by atoms with Crippen LogP contribution in [0.5, 0.6) is 17.2 Å². The van der Waals surface area contributed by atoms with E-state index < -0.39 is 0 Å². The zero-order valence-corrected chi connectivity index (χ0v) is 20.3. The van der Waals surface area contributed by atoms with Gasteiger partial charge in [0.2, 0.25) is 5.75 Å². The average Bonchev–Trinajstić information content (AvgIpc) is 2.87. The lowest BCUT2D eigenvalue weighted by molar-refractivity contribution is 0.324. The number of hydrogen-bond donors (Lipinski definition) is 2. The van der Waals surface area contributed by atoms with Gasteiger partial charge >= 0.3 is 0 Å². The number of piperidine rings is 1. The van der Waals surface area contributed by atoms with Crippen LogP contribution in [0.25, 0.3) is 11.3 Å². The smallest absolute Gasteiger partial charge is 0.203 e. The van der Waals surface area contributed by atoms with Crippen molar-refractivity contribution in [3.63, 3.8) is 0 Å². The van der Waals surface area contributed by atoms with Crippen molar-refractivity contribution < 1.29 is 14.2 Å². The highest BCUT2D eigenvalue weighted by molar-refractivity contribution is 7.80. The molecule has 7 heteroatoms. The van der Waals surface area contributed by atoms with Crippen molar-refractivity contribution in [3.8, 4) is 28.5 Å². The van der Waals surface area contributed by atoms with E-state index in [1.807, 2.05) is 18.3 Å². The van der Waals surface area contributed by atoms with Crippen molar-refractivity contribution in [2.75, 3.05) is 39.3 Å². The standard InChI is InChI=1S/C26H31N3O3S/c1-30-24-15-19(16-25(31-2)26(24)32-3)23-14-18(8-13-28-23)17-29(21-9-11-27-12-10-21)20-4-6-22(33)7-5-20/h4-8,13-16,21,27,33H,9-12,17H2,1-3H3. The van der Waals surface area contributed by atoms with Gasteiger partial charge in [-0.1, -0.05) is 0 Å². The number of aromatic nitrogens is 1. The Hall–Kier alpha value is -2.90. The minimum Gasteiger partial charge on any atom is -0.493 e. The molecule has 33 heavy (non-hydrogen) atoms. The van der Waals surface area contributed by atoms with Gasteiger partial charge in [-0.05, 0) is 80.0 Å². The third kappa shape index (κ3) is 5.37. The Morgan fingerprint density at radius 1 is 0.939 bits per heavy atom. The molecule has 174 valence electrons. The van der Waals surface area contributed by atoms with Crippen molar-refractivity contribution in [2.45, 2.75) is 30.3 Å². The zero-order chi connectivity index (χ0) is 23.2. The van der Waals surface area contributed by atoms with Crippen LogP contribution in [0.15, 0.2) is 59.6 Å². The number of benzene rings is 2. The monoisotopic (exact) mass is 465 g/mol. The van der Waals surface area contributed by atoms with Crippen molar-refractivity contribution in [3.05, 3.63) is 60.3 Å². The molecule has 0 unspecified atom stereocenters. The lowest BCUT2D eigenvalue weighted by Gasteiger charge is -2.36. The summed E-state index contributed by atoms with van der Waals surface area (Å²) in [5.41, 5.74) is 4.19. The van der Waals surface area contributed by atoms with Gasteiger partial charge in [-0.3, -0.25) is 4.98 Å². The molecule has 1 N–H and O–H groups in total. The van der Waals surface area contributed by atoms with Crippen LogP contribution in [-0.2, 0) is 6.54 Å². The molecule has 6 nitrogen and oxygen atoms in total. The fourth-order valence-electron chi connectivity index (χ4n) is 4.35. The van der Waals surface area contributed by atoms with Crippen LogP contribution >= 0.6 is 12.6 Å². The minimum atomic E-state index is 0.481. The molecule has 3 aromatic rings. The second-order valence-corrected chi connectivity index (χ2v) is 8.61. The molecule has 1 aliphatic rings. The third-order valence-corrected chi connectivity index (χ3v) is 6.37. The fraction of sp³-hybridized carbons (Fsp3) is 0.346. The Kier molecular flexibility index (Phi) is 7.62. The minimum absolute atomic E-state index is 0.481. The molecular weight excluding hydrogens is 434 g/mol. The van der Waals surface area contributed by atoms with E-state index in [0.29, 0.717) is 23.3 Å². The van der Waals surface area contributed by atoms with Gasteiger partial charge < -0.3 is 24.4 Å². The van der Waals surface area contributed by atoms with Crippen LogP contribution in [0.1, 0.15) is 18.4 Å². The van der Waals surface area contributed by atoms with Crippen molar-refractivity contribution >= 4 is 18.3 Å². The van der Waals surface area contributed by atoms with Crippen LogP contribution in [0.4, 0.5) is 5.69 Å². The van der Waals surface area contributed by atoms with E-state index in [2.05, 4.69) is 64.2 Å². The number of anilines is 1. The maximum absolute atomic E-state index is 5.53. The zero-order valence-electron chi connectivity index (χ0n) is 19.4. The Labute approximate surface area is 201 Å². The quantitative estimate of drug-likeness (QED) is 0.465. The van der Waals surface area contributed by atoms with Gasteiger partial charge in [0.15, 0.2) is 11.5 Å². The van der Waals surface area contributed by atoms with Crippen LogP contribution in [0.3, 0.4) is 0 Å². The lowest BCUT2D eigenvalue weighted by Crippen LogP contribution is -2.43. The predicted molar refractivity (Wildman–Crippen MR) is 135 cm³/mol. The van der Waals surface area contributed by atoms with Gasteiger partial charge in [0.05, 0.1) is 27.0 Å². The van der Waals surface area contributed by atoms with Gasteiger partial charge in [-0.2, -0.15) is 0 Å². The molecule has 1 aliphatic heterocycles. The molecule has 1 aromatic heterocycles. The number of hydrogen-bond acceptors (Lipinski definition) is 7. The molecular formula is C26H31N3O3S. The number of ether oxygens (including phenoxy) is 3. The topological polar surface area (TPSA) is 55.9 Å². The number of nitrogens with one attached hydrogen (secondary N) is 1. The molecule has 4 rings (SSSR count). The molecule has 2 aromatic carbocycles. The molecule has 2 heterocycles. The van der Waals surface area contributed by atoms with Crippen molar-refractivity contribution in [2.24, 2.45) is 0 Å². The van der Waals surface area contributed by atoms with Crippen LogP contribution in [-0.4, -0.2) is 45.4 Å². The van der Waals surface area contributed by atoms with E-state index in [0.717, 1.165) is 48.6 Å². The summed E-state index contributed by atoms with van der Waals surface area (Å²) in [7, 11) is 4.85. The maximum atomic E-state index is 5.53. The molecule has 0 spiro atoms. The van der Waals surface area contributed by atoms with E-state index in [-0.39, 0.29) is 0 Å². The fourth-order valence-corrected chi connectivity index (χ4v) is 4.50. The summed E-state index contributed by atoms with van der Waals surface area (Å²) in [6, 6.07) is 17.0. The summed E-state index contributed by atoms with van der Waals surface area (Å²) in [5.74, 6) is 1.80. The Balaban J connectivity index is 1.66. The third-order valence-electron chi connectivity index (χ3n) is 6.07. The summed E-state index contributed by atoms with van der Waals surface area (Å²) in [6.07, 6.45) is 4.10. The van der Waals surface area contributed by atoms with Gasteiger partial charge in [-0.15, -0.1) is 12.6 Å². The summed E-state index contributed by atoms with van der Waals surface area (Å²) in [6.45, 7) is 2.88. The van der Waals surface area contributed by atoms with Gasteiger partial charge in [0.25, 0.3) is 0 Å². The molecule has 0 atom stereocenters. The molecule has 0 bridgehead atoms. The van der Waals surface area contributed by atoms with E-state index in [9.17, 15) is 0 Å². The summed E-state index contributed by atoms with van der Waals surface area (Å²) in [5, 5.41) is 3.47. The van der Waals surface area contributed by atoms with Crippen LogP contribution in [0, 0.1) is 0 Å². The molecule has 0 radical (unpaired) electrons. The average molecular weight is 466 g/mol. The van der Waals surface area contributed by atoms with E-state index in [1.54, 1.807) is 21.3 Å². The van der Waals surface area contributed by atoms with Gasteiger partial charge in [-0.25, -0.2) is 0 Å². The molecule has 1 saturated heterocycles. The summed E-state index contributed by atoms with van der Waals surface area (Å²) >= 11 is 4.46. The first-order valence-electron chi connectivity index (χ1n) is 11.1. The largest absolute Gasteiger partial charge is 0.493 e. The summed E-state index contributed by atoms with van der Waals surface area (Å²) < 4.78 is 16.5. The van der Waals surface area contributed by atoms with E-state index >= 15 is 0 Å². The first-order chi connectivity index (χ1) is 16.1. The van der Waals surface area contributed by atoms with Crippen molar-refractivity contribution in [1.82, 2.24) is 10.3 Å². The Morgan fingerprint density at radius 2 is 1.61 bits per heavy atom. The second-order valence-electron chi connectivity index (χ2n) is 8.09. The van der Waals surface area contributed by atoms with Crippen LogP contribution < -0.4 is 24.4 Å². The molecule has 1 fully saturated rings. The van der Waals surface area contributed by atoms with E-state index in [4.69, 9.17) is 14.2 Å². The highest BCUT2D eigenvalue weighted by atomic mass is 32.1. The SMILES string of the molecule is COc1cc(-c2cc(CN(c3ccc(S)cc3)C3CCNCC3)ccn2)cc(OC)c1OC. The highest BCUT2D eigenvalue weighted by Crippen LogP contribution is 2.41. The number of pyridine rings is 1. The number of thiol groups is 1. The summed E-state index contributed by atoms with van der Waals surface area (Å²) in [4.78, 5) is 8.10. The second kappa shape index (κ2) is 10.8. The van der Waals surface area contributed by atoms with Gasteiger partial charge in [0, 0.05) is 34.9 Å². The highest BCUT2D eigenvalue weighted by Gasteiger charge is 2.22. The number of nitrogens with zero attached hydrogens (tertiary/aromatic N) is 2. The van der Waals surface area contributed by atoms with E-state index in [1.165, 1.54) is 11.3 Å². The normalized spacial score (nSPS) is 14.1. The number of rotatable bonds is 8. The molecule has 0 aliphatic carbocycles. The van der Waals surface area contributed by atoms with Crippen LogP contribution in [0.2, 0.25) is 0 Å². The van der Waals surface area contributed by atoms with Gasteiger partial charge in [0.1, 0.15) is 0 Å². The molecule has 0 amide bonds. The predicted octanol–water partition coefficient (Wildman–Crippen LogP) is 4.82. The Morgan fingerprint density at radius 3 is 2.21 bits per heavy atom. The lowest BCUT2D eigenvalue weighted by atomic mass is 10.0. The number of methoxy groups -OCH3 is 3. The maximum Gasteiger partial charge on any atom is 0.203 e. The first-order valence-corrected chi connectivity index (χ1v) is 11.6. The first kappa shape index (κ1) is 23.3.